The molecule has 0 saturated heterocycles. The van der Waals surface area contributed by atoms with Crippen molar-refractivity contribution in [1.29, 1.82) is 0 Å². The average Bonchev–Trinajstić information content (AvgIpc) is 2.79. The van der Waals surface area contributed by atoms with Crippen molar-refractivity contribution in [1.82, 2.24) is 0 Å². The highest BCUT2D eigenvalue weighted by molar-refractivity contribution is 6.04. The fraction of sp³-hybridized carbons (Fsp3) is 0.500. The number of anilines is 1. The maximum atomic E-state index is 12.8. The SMILES string of the molecule is CON(C=C1C(=O)[C@@]2(C)CC[C@@H]1C2(C)C)c1ccccc1. The number of benzene rings is 1. The molecule has 1 aromatic rings. The predicted molar refractivity (Wildman–Crippen MR) is 83.6 cm³/mol. The highest BCUT2D eigenvalue weighted by Gasteiger charge is 2.64. The number of carbonyl (C=O) groups excluding carboxylic acids is 1. The first-order chi connectivity index (χ1) is 9.91. The second-order valence-corrected chi connectivity index (χ2v) is 6.90. The maximum absolute atomic E-state index is 12.8. The van der Waals surface area contributed by atoms with Crippen LogP contribution >= 0.6 is 0 Å². The van der Waals surface area contributed by atoms with Gasteiger partial charge in [0.25, 0.3) is 0 Å². The minimum Gasteiger partial charge on any atom is -0.294 e. The number of hydrogen-bond acceptors (Lipinski definition) is 3. The van der Waals surface area contributed by atoms with Gasteiger partial charge >= 0.3 is 0 Å². The van der Waals surface area contributed by atoms with Gasteiger partial charge in [-0.1, -0.05) is 39.0 Å². The number of rotatable bonds is 3. The fourth-order valence-electron chi connectivity index (χ4n) is 4.01. The van der Waals surface area contributed by atoms with Crippen LogP contribution in [-0.4, -0.2) is 12.9 Å². The molecule has 21 heavy (non-hydrogen) atoms. The van der Waals surface area contributed by atoms with Gasteiger partial charge in [0.2, 0.25) is 0 Å². The zero-order valence-corrected chi connectivity index (χ0v) is 13.2. The molecule has 0 spiro atoms. The molecule has 1 aromatic carbocycles. The summed E-state index contributed by atoms with van der Waals surface area (Å²) in [4.78, 5) is 18.3. The van der Waals surface area contributed by atoms with Crippen LogP contribution in [0.2, 0.25) is 0 Å². The second-order valence-electron chi connectivity index (χ2n) is 6.90. The van der Waals surface area contributed by atoms with E-state index in [0.29, 0.717) is 11.7 Å². The summed E-state index contributed by atoms with van der Waals surface area (Å²) in [5.41, 5.74) is 1.66. The van der Waals surface area contributed by atoms with Crippen LogP contribution in [0.5, 0.6) is 0 Å². The quantitative estimate of drug-likeness (QED) is 0.622. The Morgan fingerprint density at radius 3 is 2.43 bits per heavy atom. The lowest BCUT2D eigenvalue weighted by Crippen LogP contribution is -2.32. The lowest BCUT2D eigenvalue weighted by Gasteiger charge is -2.31. The molecule has 112 valence electrons. The van der Waals surface area contributed by atoms with E-state index < -0.39 is 0 Å². The van der Waals surface area contributed by atoms with Gasteiger partial charge in [0.15, 0.2) is 5.78 Å². The molecule has 0 aromatic heterocycles. The first-order valence-corrected chi connectivity index (χ1v) is 7.57. The number of hydroxylamine groups is 1. The van der Waals surface area contributed by atoms with E-state index in [1.165, 1.54) is 0 Å². The summed E-state index contributed by atoms with van der Waals surface area (Å²) in [6, 6.07) is 9.86. The Morgan fingerprint density at radius 2 is 1.90 bits per heavy atom. The van der Waals surface area contributed by atoms with Crippen molar-refractivity contribution in [3.63, 3.8) is 0 Å². The molecule has 3 nitrogen and oxygen atoms in total. The molecule has 2 bridgehead atoms. The molecule has 2 saturated carbocycles. The molecule has 2 aliphatic carbocycles. The van der Waals surface area contributed by atoms with Gasteiger partial charge in [0, 0.05) is 17.2 Å². The van der Waals surface area contributed by atoms with Crippen molar-refractivity contribution >= 4 is 11.5 Å². The van der Waals surface area contributed by atoms with E-state index in [1.54, 1.807) is 12.2 Å². The van der Waals surface area contributed by atoms with Crippen LogP contribution in [0.25, 0.3) is 0 Å². The number of Topliss-reactive ketones (excluding diaryl/α,β-unsaturated/α-hetero) is 1. The highest BCUT2D eigenvalue weighted by atomic mass is 16.7. The van der Waals surface area contributed by atoms with E-state index in [1.807, 2.05) is 36.5 Å². The molecule has 0 N–H and O–H groups in total. The van der Waals surface area contributed by atoms with E-state index in [4.69, 9.17) is 4.84 Å². The molecular formula is C18H23NO2. The summed E-state index contributed by atoms with van der Waals surface area (Å²) in [6.07, 6.45) is 3.99. The minimum atomic E-state index is -0.223. The van der Waals surface area contributed by atoms with Crippen LogP contribution in [0.1, 0.15) is 33.6 Å². The molecule has 0 heterocycles. The topological polar surface area (TPSA) is 29.5 Å². The molecule has 0 radical (unpaired) electrons. The second kappa shape index (κ2) is 4.70. The molecule has 3 rings (SSSR count). The summed E-state index contributed by atoms with van der Waals surface area (Å²) in [7, 11) is 1.63. The Hall–Kier alpha value is -1.61. The smallest absolute Gasteiger partial charge is 0.167 e. The first kappa shape index (κ1) is 14.3. The molecule has 0 unspecified atom stereocenters. The van der Waals surface area contributed by atoms with Crippen LogP contribution in [0.15, 0.2) is 42.1 Å². The summed E-state index contributed by atoms with van der Waals surface area (Å²) >= 11 is 0. The van der Waals surface area contributed by atoms with Gasteiger partial charge in [-0.3, -0.25) is 9.63 Å². The van der Waals surface area contributed by atoms with E-state index in [-0.39, 0.29) is 10.8 Å². The molecule has 2 atom stereocenters. The molecule has 0 aliphatic heterocycles. The van der Waals surface area contributed by atoms with Crippen LogP contribution in [0, 0.1) is 16.7 Å². The Bertz CT molecular complexity index is 590. The van der Waals surface area contributed by atoms with Crippen LogP contribution in [0.3, 0.4) is 0 Å². The molecular weight excluding hydrogens is 262 g/mol. The van der Waals surface area contributed by atoms with Crippen molar-refractivity contribution in [3.8, 4) is 0 Å². The monoisotopic (exact) mass is 285 g/mol. The maximum Gasteiger partial charge on any atom is 0.167 e. The number of para-hydroxylation sites is 1. The Labute approximate surface area is 126 Å². The largest absolute Gasteiger partial charge is 0.294 e. The normalized spacial score (nSPS) is 31.9. The third kappa shape index (κ3) is 1.87. The predicted octanol–water partition coefficient (Wildman–Crippen LogP) is 3.96. The van der Waals surface area contributed by atoms with E-state index in [2.05, 4.69) is 20.8 Å². The standard InChI is InChI=1S/C18H23NO2/c1-17(2)15-10-11-18(17,3)16(20)14(15)12-19(21-4)13-8-6-5-7-9-13/h5-9,12,15H,10-11H2,1-4H3/t15-,18+/m0/s1. The number of hydrogen-bond donors (Lipinski definition) is 0. The third-order valence-electron chi connectivity index (χ3n) is 5.83. The summed E-state index contributed by atoms with van der Waals surface area (Å²) < 4.78 is 0. The van der Waals surface area contributed by atoms with Gasteiger partial charge in [0.05, 0.1) is 12.8 Å². The van der Waals surface area contributed by atoms with Gasteiger partial charge in [-0.2, -0.15) is 0 Å². The van der Waals surface area contributed by atoms with Gasteiger partial charge < -0.3 is 0 Å². The Morgan fingerprint density at radius 1 is 1.24 bits per heavy atom. The number of ketones is 1. The minimum absolute atomic E-state index is 0.0337. The molecule has 2 fully saturated rings. The highest BCUT2D eigenvalue weighted by Crippen LogP contribution is 2.65. The summed E-state index contributed by atoms with van der Waals surface area (Å²) in [6.45, 7) is 6.57. The summed E-state index contributed by atoms with van der Waals surface area (Å²) in [5.74, 6) is 0.623. The number of nitrogens with zero attached hydrogens (tertiary/aromatic N) is 1. The fourth-order valence-corrected chi connectivity index (χ4v) is 4.01. The molecule has 0 amide bonds. The lowest BCUT2D eigenvalue weighted by molar-refractivity contribution is -0.125. The van der Waals surface area contributed by atoms with Crippen molar-refractivity contribution < 1.29 is 9.63 Å². The first-order valence-electron chi connectivity index (χ1n) is 7.57. The van der Waals surface area contributed by atoms with Crippen LogP contribution < -0.4 is 5.06 Å². The van der Waals surface area contributed by atoms with Crippen molar-refractivity contribution in [3.05, 3.63) is 42.1 Å². The van der Waals surface area contributed by atoms with E-state index in [0.717, 1.165) is 24.1 Å². The third-order valence-corrected chi connectivity index (χ3v) is 5.83. The van der Waals surface area contributed by atoms with Gasteiger partial charge in [0.1, 0.15) is 0 Å². The van der Waals surface area contributed by atoms with Crippen molar-refractivity contribution in [2.24, 2.45) is 16.7 Å². The Kier molecular flexibility index (Phi) is 3.21. The van der Waals surface area contributed by atoms with Crippen LogP contribution in [0.4, 0.5) is 5.69 Å². The zero-order valence-electron chi connectivity index (χ0n) is 13.2. The number of carbonyl (C=O) groups is 1. The van der Waals surface area contributed by atoms with Crippen molar-refractivity contribution in [2.45, 2.75) is 33.6 Å². The number of allylic oxidation sites excluding steroid dienone is 1. The molecule has 2 aliphatic rings. The number of fused-ring (bicyclic) bond motifs is 2. The molecule has 3 heteroatoms. The van der Waals surface area contributed by atoms with Gasteiger partial charge in [-0.05, 0) is 36.3 Å². The lowest BCUT2D eigenvalue weighted by atomic mass is 9.70. The zero-order chi connectivity index (χ0) is 15.3. The van der Waals surface area contributed by atoms with Gasteiger partial charge in [-0.15, -0.1) is 0 Å². The van der Waals surface area contributed by atoms with E-state index in [9.17, 15) is 4.79 Å². The van der Waals surface area contributed by atoms with E-state index >= 15 is 0 Å². The average molecular weight is 285 g/mol. The van der Waals surface area contributed by atoms with Gasteiger partial charge in [-0.25, -0.2) is 5.06 Å². The summed E-state index contributed by atoms with van der Waals surface area (Å²) in [5, 5.41) is 1.70. The Balaban J connectivity index is 1.99. The van der Waals surface area contributed by atoms with Crippen molar-refractivity contribution in [2.75, 3.05) is 12.2 Å². The van der Waals surface area contributed by atoms with Crippen LogP contribution in [-0.2, 0) is 9.63 Å².